The molecule has 1 saturated carbocycles. The third-order valence-electron chi connectivity index (χ3n) is 7.15. The molecule has 1 spiro atoms. The molecule has 2 fully saturated rings. The van der Waals surface area contributed by atoms with Gasteiger partial charge in [0.1, 0.15) is 5.66 Å². The summed E-state index contributed by atoms with van der Waals surface area (Å²) < 4.78 is 0. The number of rotatable bonds is 3. The molecule has 5 heteroatoms. The molecule has 0 bridgehead atoms. The monoisotopic (exact) mass is 415 g/mol. The molecular formula is C25H22ClN3O. The molecule has 1 aliphatic carbocycles. The molecule has 30 heavy (non-hydrogen) atoms. The lowest BCUT2D eigenvalue weighted by molar-refractivity contribution is -0.0294. The smallest absolute Gasteiger partial charge is 0.255 e. The maximum atomic E-state index is 13.7. The summed E-state index contributed by atoms with van der Waals surface area (Å²) in [6, 6.07) is 20.5. The maximum Gasteiger partial charge on any atom is 0.255 e. The Morgan fingerprint density at radius 2 is 1.67 bits per heavy atom. The van der Waals surface area contributed by atoms with Crippen LogP contribution in [0.1, 0.15) is 39.9 Å². The van der Waals surface area contributed by atoms with Gasteiger partial charge < -0.3 is 4.90 Å². The van der Waals surface area contributed by atoms with Crippen molar-refractivity contribution < 1.29 is 4.79 Å². The quantitative estimate of drug-likeness (QED) is 0.627. The average Bonchev–Trinajstić information content (AvgIpc) is 3.50. The minimum Gasteiger partial charge on any atom is -0.314 e. The van der Waals surface area contributed by atoms with Gasteiger partial charge in [-0.1, -0.05) is 41.9 Å². The minimum absolute atomic E-state index is 0.0884. The first-order valence-electron chi connectivity index (χ1n) is 10.5. The molecule has 4 nitrogen and oxygen atoms in total. The highest BCUT2D eigenvalue weighted by molar-refractivity contribution is 6.30. The second kappa shape index (κ2) is 6.40. The van der Waals surface area contributed by atoms with Gasteiger partial charge in [0.05, 0.1) is 0 Å². The largest absolute Gasteiger partial charge is 0.314 e. The van der Waals surface area contributed by atoms with Crippen LogP contribution in [0.5, 0.6) is 0 Å². The second-order valence-corrected chi connectivity index (χ2v) is 8.98. The van der Waals surface area contributed by atoms with Gasteiger partial charge in [-0.3, -0.25) is 14.7 Å². The minimum atomic E-state index is -0.494. The number of fused-ring (bicyclic) bond motifs is 4. The normalized spacial score (nSPS) is 24.0. The summed E-state index contributed by atoms with van der Waals surface area (Å²) in [7, 11) is 0. The number of aromatic nitrogens is 1. The molecule has 1 atom stereocenters. The summed E-state index contributed by atoms with van der Waals surface area (Å²) in [6.07, 6.45) is 5.82. The Bertz CT molecular complexity index is 1130. The highest BCUT2D eigenvalue weighted by Gasteiger charge is 2.71. The van der Waals surface area contributed by atoms with Gasteiger partial charge in [0.25, 0.3) is 5.91 Å². The lowest BCUT2D eigenvalue weighted by Gasteiger charge is -2.53. The van der Waals surface area contributed by atoms with Crippen molar-refractivity contribution in [3.05, 3.63) is 100 Å². The molecule has 2 aromatic carbocycles. The summed E-state index contributed by atoms with van der Waals surface area (Å²) in [6.45, 7) is 2.34. The molecular weight excluding hydrogens is 394 g/mol. The molecule has 3 aromatic rings. The topological polar surface area (TPSA) is 36.4 Å². The van der Waals surface area contributed by atoms with Crippen molar-refractivity contribution in [3.63, 3.8) is 0 Å². The molecule has 1 aromatic heterocycles. The summed E-state index contributed by atoms with van der Waals surface area (Å²) in [5, 5.41) is 0.716. The summed E-state index contributed by atoms with van der Waals surface area (Å²) >= 11 is 6.25. The molecule has 1 unspecified atom stereocenters. The Kier molecular flexibility index (Phi) is 3.86. The van der Waals surface area contributed by atoms with Crippen molar-refractivity contribution in [3.8, 4) is 0 Å². The van der Waals surface area contributed by atoms with Crippen LogP contribution in [0.2, 0.25) is 5.02 Å². The van der Waals surface area contributed by atoms with Crippen LogP contribution in [0.25, 0.3) is 0 Å². The molecule has 6 rings (SSSR count). The van der Waals surface area contributed by atoms with E-state index in [2.05, 4.69) is 51.2 Å². The van der Waals surface area contributed by atoms with E-state index in [0.717, 1.165) is 43.6 Å². The number of hydrogen-bond acceptors (Lipinski definition) is 3. The molecule has 3 heterocycles. The highest BCUT2D eigenvalue weighted by atomic mass is 35.5. The molecule has 1 amide bonds. The maximum absolute atomic E-state index is 13.7. The fraction of sp³-hybridized carbons (Fsp3) is 0.280. The first kappa shape index (κ1) is 18.1. The van der Waals surface area contributed by atoms with Crippen LogP contribution < -0.4 is 0 Å². The van der Waals surface area contributed by atoms with E-state index in [4.69, 9.17) is 11.6 Å². The van der Waals surface area contributed by atoms with Gasteiger partial charge in [-0.25, -0.2) is 0 Å². The number of carbonyl (C=O) groups is 1. The van der Waals surface area contributed by atoms with Gasteiger partial charge in [-0.15, -0.1) is 0 Å². The first-order valence-corrected chi connectivity index (χ1v) is 10.9. The standard InChI is InChI=1S/C25H22ClN3O/c26-20-7-5-19(6-8-20)25-24(11-12-24)22-4-2-1-3-21(22)23(30)29(25)16-15-28(25)17-18-9-13-27-14-10-18/h1-10,13-14H,11-12,15-17H2. The van der Waals surface area contributed by atoms with E-state index in [-0.39, 0.29) is 11.3 Å². The van der Waals surface area contributed by atoms with Crippen LogP contribution in [-0.4, -0.2) is 33.8 Å². The SMILES string of the molecule is O=C1c2ccccc2C2(CC2)C2(c3ccc(Cl)cc3)N(Cc3ccncc3)CCN12. The van der Waals surface area contributed by atoms with E-state index in [1.807, 2.05) is 36.7 Å². The predicted molar refractivity (Wildman–Crippen MR) is 116 cm³/mol. The zero-order chi connectivity index (χ0) is 20.3. The number of pyridine rings is 1. The third-order valence-corrected chi connectivity index (χ3v) is 7.40. The molecule has 0 radical (unpaired) electrons. The zero-order valence-electron chi connectivity index (χ0n) is 16.6. The van der Waals surface area contributed by atoms with Gasteiger partial charge in [0.2, 0.25) is 0 Å². The summed E-state index contributed by atoms with van der Waals surface area (Å²) in [5.74, 6) is 0.135. The summed E-state index contributed by atoms with van der Waals surface area (Å²) in [4.78, 5) is 22.5. The van der Waals surface area contributed by atoms with E-state index < -0.39 is 5.66 Å². The van der Waals surface area contributed by atoms with Crippen molar-refractivity contribution in [1.29, 1.82) is 0 Å². The molecule has 150 valence electrons. The molecule has 3 aliphatic rings. The van der Waals surface area contributed by atoms with Gasteiger partial charge in [0.15, 0.2) is 0 Å². The lowest BCUT2D eigenvalue weighted by Crippen LogP contribution is -2.63. The van der Waals surface area contributed by atoms with Crippen molar-refractivity contribution >= 4 is 17.5 Å². The molecule has 0 N–H and O–H groups in total. The van der Waals surface area contributed by atoms with Crippen LogP contribution >= 0.6 is 11.6 Å². The van der Waals surface area contributed by atoms with Gasteiger partial charge in [-0.05, 0) is 59.9 Å². The first-order chi connectivity index (χ1) is 14.7. The second-order valence-electron chi connectivity index (χ2n) is 8.54. The number of carbonyl (C=O) groups excluding carboxylic acids is 1. The van der Waals surface area contributed by atoms with Crippen LogP contribution in [0.3, 0.4) is 0 Å². The molecule has 1 saturated heterocycles. The Morgan fingerprint density at radius 1 is 0.933 bits per heavy atom. The van der Waals surface area contributed by atoms with Crippen LogP contribution in [0, 0.1) is 0 Å². The number of halogens is 1. The number of nitrogens with zero attached hydrogens (tertiary/aromatic N) is 3. The fourth-order valence-corrected chi connectivity index (χ4v) is 6.01. The van der Waals surface area contributed by atoms with E-state index in [1.165, 1.54) is 11.1 Å². The van der Waals surface area contributed by atoms with Crippen LogP contribution in [-0.2, 0) is 17.6 Å². The van der Waals surface area contributed by atoms with Gasteiger partial charge in [0, 0.05) is 48.0 Å². The number of hydrogen-bond donors (Lipinski definition) is 0. The van der Waals surface area contributed by atoms with E-state index in [0.29, 0.717) is 5.02 Å². The Morgan fingerprint density at radius 3 is 2.40 bits per heavy atom. The lowest BCUT2D eigenvalue weighted by atomic mass is 9.71. The van der Waals surface area contributed by atoms with Crippen molar-refractivity contribution in [2.24, 2.45) is 0 Å². The number of benzene rings is 2. The third kappa shape index (κ3) is 2.26. The zero-order valence-corrected chi connectivity index (χ0v) is 17.3. The predicted octanol–water partition coefficient (Wildman–Crippen LogP) is 4.59. The number of amides is 1. The van der Waals surface area contributed by atoms with Crippen LogP contribution in [0.15, 0.2) is 73.1 Å². The van der Waals surface area contributed by atoms with E-state index in [1.54, 1.807) is 0 Å². The van der Waals surface area contributed by atoms with Gasteiger partial charge in [-0.2, -0.15) is 0 Å². The summed E-state index contributed by atoms with van der Waals surface area (Å²) in [5.41, 5.74) is 3.84. The molecule has 2 aliphatic heterocycles. The van der Waals surface area contributed by atoms with Crippen molar-refractivity contribution in [1.82, 2.24) is 14.8 Å². The Labute approximate surface area is 181 Å². The Balaban J connectivity index is 1.59. The average molecular weight is 416 g/mol. The van der Waals surface area contributed by atoms with Crippen molar-refractivity contribution in [2.75, 3.05) is 13.1 Å². The van der Waals surface area contributed by atoms with E-state index in [9.17, 15) is 4.79 Å². The van der Waals surface area contributed by atoms with Crippen molar-refractivity contribution in [2.45, 2.75) is 30.5 Å². The van der Waals surface area contributed by atoms with Gasteiger partial charge >= 0.3 is 0 Å². The van der Waals surface area contributed by atoms with E-state index >= 15 is 0 Å². The van der Waals surface area contributed by atoms with Crippen LogP contribution in [0.4, 0.5) is 0 Å². The highest BCUT2D eigenvalue weighted by Crippen LogP contribution is 2.67. The fourth-order valence-electron chi connectivity index (χ4n) is 5.89. The Hall–Kier alpha value is -2.69.